The summed E-state index contributed by atoms with van der Waals surface area (Å²) in [6.07, 6.45) is 8.73. The first-order valence-corrected chi connectivity index (χ1v) is 7.98. The molecule has 0 unspecified atom stereocenters. The van der Waals surface area contributed by atoms with Gasteiger partial charge in [-0.1, -0.05) is 12.8 Å². The number of nitrogens with zero attached hydrogens (tertiary/aromatic N) is 1. The summed E-state index contributed by atoms with van der Waals surface area (Å²) in [4.78, 5) is 25.8. The number of hydrogen-bond acceptors (Lipinski definition) is 3. The number of nitrogens with two attached hydrogens (primary N) is 1. The largest absolute Gasteiger partial charge is 0.352 e. The number of hydrogen-bond donors (Lipinski definition) is 2. The maximum absolute atomic E-state index is 12.1. The van der Waals surface area contributed by atoms with Crippen LogP contribution in [0.3, 0.4) is 0 Å². The molecule has 0 atom stereocenters. The van der Waals surface area contributed by atoms with Crippen LogP contribution in [0.1, 0.15) is 57.8 Å². The van der Waals surface area contributed by atoms with E-state index in [1.165, 1.54) is 0 Å². The van der Waals surface area contributed by atoms with E-state index in [9.17, 15) is 9.59 Å². The van der Waals surface area contributed by atoms with Crippen molar-refractivity contribution >= 4 is 11.8 Å². The first-order valence-electron chi connectivity index (χ1n) is 7.98. The number of rotatable bonds is 3. The number of nitrogens with one attached hydrogen (secondary N) is 1. The van der Waals surface area contributed by atoms with Crippen molar-refractivity contribution in [3.05, 3.63) is 0 Å². The summed E-state index contributed by atoms with van der Waals surface area (Å²) in [7, 11) is 0. The summed E-state index contributed by atoms with van der Waals surface area (Å²) >= 11 is 0. The minimum atomic E-state index is -0.0144. The second kappa shape index (κ2) is 7.62. The summed E-state index contributed by atoms with van der Waals surface area (Å²) in [5.41, 5.74) is 5.86. The molecule has 3 N–H and O–H groups in total. The van der Waals surface area contributed by atoms with Gasteiger partial charge in [-0.05, 0) is 38.5 Å². The Labute approximate surface area is 121 Å². The van der Waals surface area contributed by atoms with Crippen molar-refractivity contribution in [2.24, 2.45) is 5.73 Å². The van der Waals surface area contributed by atoms with Crippen molar-refractivity contribution < 1.29 is 9.59 Å². The van der Waals surface area contributed by atoms with Crippen LogP contribution in [-0.4, -0.2) is 41.9 Å². The molecule has 0 radical (unpaired) electrons. The fraction of sp³-hybridized carbons (Fsp3) is 0.867. The van der Waals surface area contributed by atoms with Crippen LogP contribution in [0.15, 0.2) is 0 Å². The van der Waals surface area contributed by atoms with Crippen molar-refractivity contribution in [3.8, 4) is 0 Å². The van der Waals surface area contributed by atoms with E-state index in [-0.39, 0.29) is 24.4 Å². The molecular weight excluding hydrogens is 254 g/mol. The Bertz CT molecular complexity index is 338. The van der Waals surface area contributed by atoms with Gasteiger partial charge >= 0.3 is 0 Å². The Balaban J connectivity index is 1.76. The third-order valence-electron chi connectivity index (χ3n) is 4.39. The molecule has 1 heterocycles. The molecule has 1 saturated heterocycles. The predicted molar refractivity (Wildman–Crippen MR) is 78.0 cm³/mol. The predicted octanol–water partition coefficient (Wildman–Crippen LogP) is 1.17. The van der Waals surface area contributed by atoms with Crippen molar-refractivity contribution in [2.45, 2.75) is 69.9 Å². The lowest BCUT2D eigenvalue weighted by Gasteiger charge is -2.29. The standard InChI is InChI=1S/C15H27N3O2/c16-12-6-8-13(9-7-12)17-14(19)11-18-10-4-2-1-3-5-15(18)20/h12-13H,1-11,16H2,(H,17,19). The van der Waals surface area contributed by atoms with Gasteiger partial charge in [0, 0.05) is 25.0 Å². The van der Waals surface area contributed by atoms with Gasteiger partial charge in [0.1, 0.15) is 0 Å². The molecule has 5 nitrogen and oxygen atoms in total. The molecule has 1 aliphatic carbocycles. The van der Waals surface area contributed by atoms with Crippen molar-refractivity contribution in [1.82, 2.24) is 10.2 Å². The van der Waals surface area contributed by atoms with Crippen LogP contribution in [0, 0.1) is 0 Å². The van der Waals surface area contributed by atoms with Crippen LogP contribution >= 0.6 is 0 Å². The lowest BCUT2D eigenvalue weighted by Crippen LogP contribution is -2.46. The van der Waals surface area contributed by atoms with Crippen LogP contribution < -0.4 is 11.1 Å². The third kappa shape index (κ3) is 4.78. The molecule has 0 aromatic rings. The van der Waals surface area contributed by atoms with Crippen molar-refractivity contribution in [2.75, 3.05) is 13.1 Å². The molecule has 20 heavy (non-hydrogen) atoms. The molecule has 2 amide bonds. The summed E-state index contributed by atoms with van der Waals surface area (Å²) in [5.74, 6) is 0.116. The van der Waals surface area contributed by atoms with Gasteiger partial charge in [0.25, 0.3) is 0 Å². The fourth-order valence-electron chi connectivity index (χ4n) is 3.09. The maximum Gasteiger partial charge on any atom is 0.239 e. The second-order valence-electron chi connectivity index (χ2n) is 6.16. The molecule has 2 fully saturated rings. The lowest BCUT2D eigenvalue weighted by molar-refractivity contribution is -0.136. The van der Waals surface area contributed by atoms with Gasteiger partial charge < -0.3 is 16.0 Å². The number of carbonyl (C=O) groups excluding carboxylic acids is 2. The van der Waals surface area contributed by atoms with E-state index in [1.54, 1.807) is 4.90 Å². The van der Waals surface area contributed by atoms with E-state index >= 15 is 0 Å². The Morgan fingerprint density at radius 3 is 2.60 bits per heavy atom. The van der Waals surface area contributed by atoms with E-state index in [0.29, 0.717) is 12.5 Å². The van der Waals surface area contributed by atoms with Crippen LogP contribution in [0.5, 0.6) is 0 Å². The first kappa shape index (κ1) is 15.3. The average Bonchev–Trinajstić information content (AvgIpc) is 2.41. The van der Waals surface area contributed by atoms with Gasteiger partial charge in [0.2, 0.25) is 11.8 Å². The monoisotopic (exact) mass is 281 g/mol. The normalized spacial score (nSPS) is 28.6. The molecule has 114 valence electrons. The SMILES string of the molecule is NC1CCC(NC(=O)CN2CCCCCCC2=O)CC1. The molecule has 2 aliphatic rings. The Morgan fingerprint density at radius 1 is 1.15 bits per heavy atom. The molecule has 0 aromatic heterocycles. The van der Waals surface area contributed by atoms with Gasteiger partial charge in [0.15, 0.2) is 0 Å². The molecule has 1 saturated carbocycles. The summed E-state index contributed by atoms with van der Waals surface area (Å²) in [6.45, 7) is 0.948. The number of carbonyl (C=O) groups is 2. The highest BCUT2D eigenvalue weighted by Crippen LogP contribution is 2.17. The second-order valence-corrected chi connectivity index (χ2v) is 6.16. The molecule has 0 aromatic carbocycles. The zero-order valence-electron chi connectivity index (χ0n) is 12.3. The van der Waals surface area contributed by atoms with Crippen molar-refractivity contribution in [1.29, 1.82) is 0 Å². The van der Waals surface area contributed by atoms with Crippen LogP contribution in [0.2, 0.25) is 0 Å². The summed E-state index contributed by atoms with van der Waals surface area (Å²) in [6, 6.07) is 0.534. The smallest absolute Gasteiger partial charge is 0.239 e. The van der Waals surface area contributed by atoms with Gasteiger partial charge in [-0.25, -0.2) is 0 Å². The Hall–Kier alpha value is -1.10. The summed E-state index contributed by atoms with van der Waals surface area (Å²) in [5, 5.41) is 3.05. The quantitative estimate of drug-likeness (QED) is 0.815. The highest BCUT2D eigenvalue weighted by Gasteiger charge is 2.22. The fourth-order valence-corrected chi connectivity index (χ4v) is 3.09. The molecule has 5 heteroatoms. The molecular formula is C15H27N3O2. The first-order chi connectivity index (χ1) is 9.65. The molecule has 0 spiro atoms. The van der Waals surface area contributed by atoms with E-state index in [2.05, 4.69) is 5.32 Å². The van der Waals surface area contributed by atoms with Crippen LogP contribution in [0.25, 0.3) is 0 Å². The van der Waals surface area contributed by atoms with Gasteiger partial charge in [-0.15, -0.1) is 0 Å². The van der Waals surface area contributed by atoms with Gasteiger partial charge in [0.05, 0.1) is 6.54 Å². The van der Waals surface area contributed by atoms with Gasteiger partial charge in [-0.3, -0.25) is 9.59 Å². The van der Waals surface area contributed by atoms with Crippen LogP contribution in [0.4, 0.5) is 0 Å². The highest BCUT2D eigenvalue weighted by atomic mass is 16.2. The Kier molecular flexibility index (Phi) is 5.83. The van der Waals surface area contributed by atoms with E-state index in [1.807, 2.05) is 0 Å². The Morgan fingerprint density at radius 2 is 1.85 bits per heavy atom. The summed E-state index contributed by atoms with van der Waals surface area (Å²) < 4.78 is 0. The molecule has 0 bridgehead atoms. The van der Waals surface area contributed by atoms with E-state index < -0.39 is 0 Å². The zero-order chi connectivity index (χ0) is 14.4. The maximum atomic E-state index is 12.1. The molecule has 1 aliphatic heterocycles. The number of likely N-dealkylation sites (tertiary alicyclic amines) is 1. The van der Waals surface area contributed by atoms with Gasteiger partial charge in [-0.2, -0.15) is 0 Å². The minimum absolute atomic E-state index is 0.0144. The zero-order valence-corrected chi connectivity index (χ0v) is 12.3. The highest BCUT2D eigenvalue weighted by molar-refractivity contribution is 5.85. The number of amides is 2. The average molecular weight is 281 g/mol. The van der Waals surface area contributed by atoms with Crippen LogP contribution in [-0.2, 0) is 9.59 Å². The topological polar surface area (TPSA) is 75.4 Å². The lowest BCUT2D eigenvalue weighted by atomic mass is 9.92. The van der Waals surface area contributed by atoms with E-state index in [0.717, 1.165) is 57.9 Å². The van der Waals surface area contributed by atoms with Crippen molar-refractivity contribution in [3.63, 3.8) is 0 Å². The van der Waals surface area contributed by atoms with E-state index in [4.69, 9.17) is 5.73 Å². The third-order valence-corrected chi connectivity index (χ3v) is 4.39. The molecule has 2 rings (SSSR count). The minimum Gasteiger partial charge on any atom is -0.352 e.